The summed E-state index contributed by atoms with van der Waals surface area (Å²) in [5.74, 6) is 0.855. The second-order valence-electron chi connectivity index (χ2n) is 5.82. The predicted octanol–water partition coefficient (Wildman–Crippen LogP) is 2.80. The van der Waals surface area contributed by atoms with Gasteiger partial charge in [0.05, 0.1) is 0 Å². The van der Waals surface area contributed by atoms with Gasteiger partial charge in [0.2, 0.25) is 0 Å². The van der Waals surface area contributed by atoms with Crippen molar-refractivity contribution < 1.29 is 0 Å². The molecule has 1 saturated heterocycles. The van der Waals surface area contributed by atoms with Gasteiger partial charge in [-0.05, 0) is 63.6 Å². The van der Waals surface area contributed by atoms with Gasteiger partial charge in [-0.2, -0.15) is 0 Å². The van der Waals surface area contributed by atoms with Gasteiger partial charge < -0.3 is 10.6 Å². The van der Waals surface area contributed by atoms with E-state index in [0.29, 0.717) is 0 Å². The SMILES string of the molecule is CN(C)CC1CCN(Cc2ccc(Br)cc2N)CC1. The van der Waals surface area contributed by atoms with E-state index in [4.69, 9.17) is 5.73 Å². The maximum Gasteiger partial charge on any atom is 0.0371 e. The first kappa shape index (κ1) is 14.8. The summed E-state index contributed by atoms with van der Waals surface area (Å²) in [7, 11) is 4.32. The van der Waals surface area contributed by atoms with Crippen LogP contribution in [0.5, 0.6) is 0 Å². The third-order valence-corrected chi connectivity index (χ3v) is 4.33. The molecule has 2 N–H and O–H groups in total. The Hall–Kier alpha value is -0.580. The topological polar surface area (TPSA) is 32.5 Å². The molecule has 0 spiro atoms. The molecule has 1 aliphatic rings. The number of halogens is 1. The summed E-state index contributed by atoms with van der Waals surface area (Å²) in [6.07, 6.45) is 2.60. The highest BCUT2D eigenvalue weighted by Crippen LogP contribution is 2.23. The van der Waals surface area contributed by atoms with Crippen molar-refractivity contribution >= 4 is 21.6 Å². The van der Waals surface area contributed by atoms with E-state index in [0.717, 1.165) is 22.6 Å². The second kappa shape index (κ2) is 6.73. The van der Waals surface area contributed by atoms with Crippen LogP contribution in [0.1, 0.15) is 18.4 Å². The number of likely N-dealkylation sites (tertiary alicyclic amines) is 1. The number of hydrogen-bond acceptors (Lipinski definition) is 3. The lowest BCUT2D eigenvalue weighted by Gasteiger charge is -2.33. The molecule has 19 heavy (non-hydrogen) atoms. The first-order valence-corrected chi connectivity index (χ1v) is 7.75. The van der Waals surface area contributed by atoms with Crippen molar-refractivity contribution in [3.05, 3.63) is 28.2 Å². The van der Waals surface area contributed by atoms with Gasteiger partial charge in [-0.15, -0.1) is 0 Å². The van der Waals surface area contributed by atoms with Gasteiger partial charge in [0.1, 0.15) is 0 Å². The number of hydrogen-bond donors (Lipinski definition) is 1. The van der Waals surface area contributed by atoms with E-state index >= 15 is 0 Å². The highest BCUT2D eigenvalue weighted by molar-refractivity contribution is 9.10. The molecule has 3 nitrogen and oxygen atoms in total. The number of anilines is 1. The average Bonchev–Trinajstić information content (AvgIpc) is 2.34. The fourth-order valence-electron chi connectivity index (χ4n) is 2.79. The molecular formula is C15H24BrN3. The van der Waals surface area contributed by atoms with Crippen LogP contribution < -0.4 is 5.73 Å². The standard InChI is InChI=1S/C15H24BrN3/c1-18(2)10-12-5-7-19(8-6-12)11-13-3-4-14(16)9-15(13)17/h3-4,9,12H,5-8,10-11,17H2,1-2H3. The van der Waals surface area contributed by atoms with Crippen molar-refractivity contribution in [2.45, 2.75) is 19.4 Å². The molecule has 1 aromatic carbocycles. The summed E-state index contributed by atoms with van der Waals surface area (Å²) >= 11 is 3.45. The normalized spacial score (nSPS) is 18.1. The van der Waals surface area contributed by atoms with Crippen molar-refractivity contribution in [3.8, 4) is 0 Å². The molecule has 106 valence electrons. The molecule has 0 bridgehead atoms. The molecule has 0 unspecified atom stereocenters. The van der Waals surface area contributed by atoms with Gasteiger partial charge in [-0.25, -0.2) is 0 Å². The van der Waals surface area contributed by atoms with Crippen LogP contribution in [-0.4, -0.2) is 43.5 Å². The molecule has 0 saturated carbocycles. The second-order valence-corrected chi connectivity index (χ2v) is 6.74. The highest BCUT2D eigenvalue weighted by Gasteiger charge is 2.20. The van der Waals surface area contributed by atoms with Gasteiger partial charge in [-0.3, -0.25) is 4.90 Å². The number of nitrogens with two attached hydrogens (primary N) is 1. The van der Waals surface area contributed by atoms with Gasteiger partial charge in [0.25, 0.3) is 0 Å². The van der Waals surface area contributed by atoms with Crippen molar-refractivity contribution in [3.63, 3.8) is 0 Å². The third kappa shape index (κ3) is 4.48. The third-order valence-electron chi connectivity index (χ3n) is 3.83. The van der Waals surface area contributed by atoms with Crippen molar-refractivity contribution in [2.24, 2.45) is 5.92 Å². The molecule has 1 fully saturated rings. The lowest BCUT2D eigenvalue weighted by molar-refractivity contribution is 0.157. The van der Waals surface area contributed by atoms with Crippen molar-refractivity contribution in [2.75, 3.05) is 39.5 Å². The van der Waals surface area contributed by atoms with Gasteiger partial charge in [0, 0.05) is 23.2 Å². The van der Waals surface area contributed by atoms with Crippen LogP contribution in [0.4, 0.5) is 5.69 Å². The molecule has 1 heterocycles. The Morgan fingerprint density at radius 3 is 2.58 bits per heavy atom. The number of nitrogen functional groups attached to an aromatic ring is 1. The van der Waals surface area contributed by atoms with Gasteiger partial charge >= 0.3 is 0 Å². The van der Waals surface area contributed by atoms with E-state index in [1.165, 1.54) is 38.0 Å². The maximum atomic E-state index is 6.07. The van der Waals surface area contributed by atoms with Crippen molar-refractivity contribution in [1.82, 2.24) is 9.80 Å². The minimum absolute atomic E-state index is 0.855. The monoisotopic (exact) mass is 325 g/mol. The maximum absolute atomic E-state index is 6.07. The summed E-state index contributed by atoms with van der Waals surface area (Å²) in [5, 5.41) is 0. The Morgan fingerprint density at radius 1 is 1.32 bits per heavy atom. The van der Waals surface area contributed by atoms with Gasteiger partial charge in [0.15, 0.2) is 0 Å². The van der Waals surface area contributed by atoms with Gasteiger partial charge in [-0.1, -0.05) is 22.0 Å². The van der Waals surface area contributed by atoms with E-state index in [1.807, 2.05) is 6.07 Å². The van der Waals surface area contributed by atoms with Crippen LogP contribution >= 0.6 is 15.9 Å². The number of benzene rings is 1. The van der Waals surface area contributed by atoms with Crippen LogP contribution in [0, 0.1) is 5.92 Å². The molecule has 0 atom stereocenters. The van der Waals surface area contributed by atoms with Crippen LogP contribution in [0.25, 0.3) is 0 Å². The quantitative estimate of drug-likeness (QED) is 0.864. The fourth-order valence-corrected chi connectivity index (χ4v) is 3.17. The number of nitrogens with zero attached hydrogens (tertiary/aromatic N) is 2. The van der Waals surface area contributed by atoms with E-state index in [9.17, 15) is 0 Å². The van der Waals surface area contributed by atoms with Crippen molar-refractivity contribution in [1.29, 1.82) is 0 Å². The lowest BCUT2D eigenvalue weighted by atomic mass is 9.96. The lowest BCUT2D eigenvalue weighted by Crippen LogP contribution is -2.36. The summed E-state index contributed by atoms with van der Waals surface area (Å²) in [4.78, 5) is 4.82. The minimum Gasteiger partial charge on any atom is -0.398 e. The zero-order chi connectivity index (χ0) is 13.8. The Kier molecular flexibility index (Phi) is 5.25. The Bertz CT molecular complexity index is 412. The summed E-state index contributed by atoms with van der Waals surface area (Å²) in [6, 6.07) is 6.20. The van der Waals surface area contributed by atoms with E-state index in [1.54, 1.807) is 0 Å². The summed E-state index contributed by atoms with van der Waals surface area (Å²) in [6.45, 7) is 4.57. The Labute approximate surface area is 124 Å². The predicted molar refractivity (Wildman–Crippen MR) is 85.1 cm³/mol. The molecule has 0 amide bonds. The molecule has 0 radical (unpaired) electrons. The van der Waals surface area contributed by atoms with E-state index in [-0.39, 0.29) is 0 Å². The van der Waals surface area contributed by atoms with E-state index < -0.39 is 0 Å². The van der Waals surface area contributed by atoms with E-state index in [2.05, 4.69) is 52.0 Å². The number of rotatable bonds is 4. The molecular weight excluding hydrogens is 302 g/mol. The molecule has 2 rings (SSSR count). The smallest absolute Gasteiger partial charge is 0.0371 e. The van der Waals surface area contributed by atoms with Crippen LogP contribution in [0.3, 0.4) is 0 Å². The Morgan fingerprint density at radius 2 is 2.00 bits per heavy atom. The largest absolute Gasteiger partial charge is 0.398 e. The molecule has 1 aliphatic heterocycles. The van der Waals surface area contributed by atoms with Crippen LogP contribution in [0.15, 0.2) is 22.7 Å². The fraction of sp³-hybridized carbons (Fsp3) is 0.600. The molecule has 0 aliphatic carbocycles. The highest BCUT2D eigenvalue weighted by atomic mass is 79.9. The summed E-state index contributed by atoms with van der Waals surface area (Å²) in [5.41, 5.74) is 8.21. The zero-order valence-electron chi connectivity index (χ0n) is 11.9. The molecule has 1 aromatic rings. The minimum atomic E-state index is 0.855. The number of piperidine rings is 1. The van der Waals surface area contributed by atoms with Crippen LogP contribution in [-0.2, 0) is 6.54 Å². The first-order valence-electron chi connectivity index (χ1n) is 6.95. The average molecular weight is 326 g/mol. The molecule has 4 heteroatoms. The Balaban J connectivity index is 1.85. The zero-order valence-corrected chi connectivity index (χ0v) is 13.5. The van der Waals surface area contributed by atoms with Crippen LogP contribution in [0.2, 0.25) is 0 Å². The summed E-state index contributed by atoms with van der Waals surface area (Å²) < 4.78 is 1.05. The first-order chi connectivity index (χ1) is 9.04. The molecule has 0 aromatic heterocycles.